The Morgan fingerprint density at radius 3 is 2.00 bits per heavy atom. The molecule has 2 saturated heterocycles. The van der Waals surface area contributed by atoms with E-state index >= 15 is 0 Å². The number of fused-ring (bicyclic) bond motifs is 3. The number of sulfonamides is 1. The van der Waals surface area contributed by atoms with Gasteiger partial charge in [0, 0.05) is 66.4 Å². The van der Waals surface area contributed by atoms with Crippen molar-refractivity contribution >= 4 is 50.7 Å². The quantitative estimate of drug-likeness (QED) is 0.143. The van der Waals surface area contributed by atoms with Crippen LogP contribution in [0, 0.1) is 0 Å². The zero-order valence-electron chi connectivity index (χ0n) is 33.1. The van der Waals surface area contributed by atoms with E-state index in [1.165, 1.54) is 45.5 Å². The van der Waals surface area contributed by atoms with Gasteiger partial charge in [-0.25, -0.2) is 28.0 Å². The number of benzene rings is 4. The number of ether oxygens (including phenoxy) is 4. The van der Waals surface area contributed by atoms with Crippen LogP contribution in [0.4, 0.5) is 0 Å². The number of aromatic hydroxyl groups is 1. The molecule has 0 bridgehead atoms. The molecule has 10 rings (SSSR count). The van der Waals surface area contributed by atoms with Gasteiger partial charge in [0.15, 0.2) is 5.69 Å². The first-order chi connectivity index (χ1) is 29.6. The second-order valence-electron chi connectivity index (χ2n) is 14.8. The van der Waals surface area contributed by atoms with Crippen molar-refractivity contribution in [3.63, 3.8) is 0 Å². The Kier molecular flexibility index (Phi) is 12.8. The molecule has 0 spiro atoms. The number of phenolic OH excluding ortho intramolecular Hbond substituents is 1. The van der Waals surface area contributed by atoms with Crippen molar-refractivity contribution < 1.29 is 42.4 Å². The minimum Gasteiger partial charge on any atom is -0.508 e. The average molecular weight is 865 g/mol. The molecule has 15 nitrogen and oxygen atoms in total. The van der Waals surface area contributed by atoms with E-state index in [0.29, 0.717) is 48.1 Å². The number of hydrogen-bond acceptors (Lipinski definition) is 13. The largest absolute Gasteiger partial charge is 0.508 e. The third-order valence-electron chi connectivity index (χ3n) is 10.4. The van der Waals surface area contributed by atoms with Gasteiger partial charge in [0.25, 0.3) is 0 Å². The van der Waals surface area contributed by atoms with Gasteiger partial charge in [-0.3, -0.25) is 9.98 Å². The summed E-state index contributed by atoms with van der Waals surface area (Å²) in [6.45, 7) is 4.54. The minimum atomic E-state index is -3.78. The Hall–Kier alpha value is -5.98. The van der Waals surface area contributed by atoms with Crippen molar-refractivity contribution in [2.45, 2.75) is 62.3 Å². The number of carboxylic acids is 1. The van der Waals surface area contributed by atoms with E-state index in [-0.39, 0.29) is 16.7 Å². The fraction of sp³-hybridized carbons (Fsp3) is 0.295. The first kappa shape index (κ1) is 41.7. The molecular formula is C44H44N6O9S2. The average Bonchev–Trinajstić information content (AvgIpc) is 4.09. The van der Waals surface area contributed by atoms with Crippen LogP contribution in [0.15, 0.2) is 99.1 Å². The summed E-state index contributed by atoms with van der Waals surface area (Å²) in [6.07, 6.45) is 8.12. The van der Waals surface area contributed by atoms with Gasteiger partial charge in [-0.1, -0.05) is 24.3 Å². The van der Waals surface area contributed by atoms with Crippen molar-refractivity contribution in [1.82, 2.24) is 14.8 Å². The van der Waals surface area contributed by atoms with Crippen LogP contribution < -0.4 is 14.6 Å². The number of aromatic carboxylic acids is 1. The second-order valence-corrected chi connectivity index (χ2v) is 17.2. The molecular weight excluding hydrogens is 821 g/mol. The number of primary sulfonamides is 1. The van der Waals surface area contributed by atoms with Gasteiger partial charge in [0.1, 0.15) is 29.5 Å². The zero-order valence-corrected chi connectivity index (χ0v) is 34.7. The van der Waals surface area contributed by atoms with E-state index in [9.17, 15) is 18.3 Å². The summed E-state index contributed by atoms with van der Waals surface area (Å²) in [6, 6.07) is 23.5. The first-order valence-electron chi connectivity index (χ1n) is 19.8. The molecule has 0 atom stereocenters. The lowest BCUT2D eigenvalue weighted by atomic mass is 10.1. The number of aromatic nitrogens is 3. The molecule has 4 aliphatic rings. The summed E-state index contributed by atoms with van der Waals surface area (Å²) in [7, 11) is -3.78. The summed E-state index contributed by atoms with van der Waals surface area (Å²) >= 11 is 1.19. The number of carbonyl (C=O) groups is 1. The van der Waals surface area contributed by atoms with Crippen LogP contribution in [-0.2, 0) is 39.0 Å². The SMILES string of the molecule is C1=NCc2ccc(OC3CCOCC3)cc21.NS(=O)(=O)c1ccc(Cc2nn(-c3nc(C(=O)O)cs3)c3ccc(OC4CCOCC4)cc23)cc1.Oc1ccc2c(c1)C=NC2. The molecule has 6 aromatic rings. The molecule has 61 heavy (non-hydrogen) atoms. The van der Waals surface area contributed by atoms with Crippen molar-refractivity contribution in [2.75, 3.05) is 26.4 Å². The normalized spacial score (nSPS) is 16.0. The topological polar surface area (TPSA) is 210 Å². The zero-order chi connectivity index (χ0) is 42.3. The lowest BCUT2D eigenvalue weighted by Crippen LogP contribution is -2.25. The van der Waals surface area contributed by atoms with Crippen LogP contribution >= 0.6 is 11.3 Å². The molecule has 17 heteroatoms. The molecule has 316 valence electrons. The standard InChI is InChI=1S/C23H22N4O6S2.C13H15NO2.C8H7NO/c24-35(30,31)17-4-1-14(2-5-17)11-19-18-12-16(33-15-7-9-32-10-8-15)3-6-21(18)27(26-19)23-25-20(13-34-23)22(28)29;1-2-13(7-11-9-14-8-10(1)11)16-12-3-5-15-6-4-12;10-8-2-1-6-4-9-5-7(6)3-8/h1-6,12-13,15H,7-11H2,(H,28,29)(H2,24,30,31);1-2,7,9,12H,3-6,8H2;1-3,5,10H,4H2. The smallest absolute Gasteiger partial charge is 0.355 e. The summed E-state index contributed by atoms with van der Waals surface area (Å²) < 4.78 is 47.6. The van der Waals surface area contributed by atoms with Gasteiger partial charge in [-0.05, 0) is 71.3 Å². The van der Waals surface area contributed by atoms with E-state index in [2.05, 4.69) is 27.1 Å². The number of aliphatic imine (C=N–C) groups is 2. The van der Waals surface area contributed by atoms with Crippen LogP contribution in [0.2, 0.25) is 0 Å². The van der Waals surface area contributed by atoms with E-state index in [1.54, 1.807) is 35.2 Å². The summed E-state index contributed by atoms with van der Waals surface area (Å²) in [5.41, 5.74) is 6.99. The Bertz CT molecular complexity index is 2680. The fourth-order valence-electron chi connectivity index (χ4n) is 7.17. The van der Waals surface area contributed by atoms with E-state index in [4.69, 9.17) is 34.3 Å². The monoisotopic (exact) mass is 864 g/mol. The highest BCUT2D eigenvalue weighted by Gasteiger charge is 2.21. The first-order valence-corrected chi connectivity index (χ1v) is 22.2. The van der Waals surface area contributed by atoms with Gasteiger partial charge in [0.2, 0.25) is 15.2 Å². The third kappa shape index (κ3) is 10.5. The molecule has 4 aromatic carbocycles. The Morgan fingerprint density at radius 1 is 0.803 bits per heavy atom. The molecule has 4 N–H and O–H groups in total. The van der Waals surface area contributed by atoms with E-state index in [0.717, 1.165) is 79.8 Å². The van der Waals surface area contributed by atoms with Crippen LogP contribution in [0.3, 0.4) is 0 Å². The Morgan fingerprint density at radius 2 is 1.39 bits per heavy atom. The molecule has 0 unspecified atom stereocenters. The molecule has 2 aromatic heterocycles. The minimum absolute atomic E-state index is 0.0350. The summed E-state index contributed by atoms with van der Waals surface area (Å²) in [5, 5.41) is 31.0. The highest BCUT2D eigenvalue weighted by atomic mass is 32.2. The number of carboxylic acid groups (broad SMARTS) is 1. The highest BCUT2D eigenvalue weighted by Crippen LogP contribution is 2.31. The Labute approximate surface area is 356 Å². The van der Waals surface area contributed by atoms with Gasteiger partial charge < -0.3 is 29.2 Å². The summed E-state index contributed by atoms with van der Waals surface area (Å²) in [4.78, 5) is 23.9. The number of rotatable bonds is 9. The van der Waals surface area contributed by atoms with Gasteiger partial charge in [-0.2, -0.15) is 5.10 Å². The predicted octanol–water partition coefficient (Wildman–Crippen LogP) is 6.48. The number of hydrogen-bond donors (Lipinski definition) is 3. The van der Waals surface area contributed by atoms with E-state index in [1.807, 2.05) is 36.5 Å². The van der Waals surface area contributed by atoms with Gasteiger partial charge in [-0.15, -0.1) is 11.3 Å². The number of nitrogens with zero attached hydrogens (tertiary/aromatic N) is 5. The predicted molar refractivity (Wildman–Crippen MR) is 230 cm³/mol. The number of nitrogens with two attached hydrogens (primary N) is 1. The van der Waals surface area contributed by atoms with Gasteiger partial charge in [0.05, 0.1) is 55.6 Å². The third-order valence-corrected chi connectivity index (χ3v) is 12.2. The van der Waals surface area contributed by atoms with Crippen LogP contribution in [0.1, 0.15) is 69.7 Å². The molecule has 6 heterocycles. The molecule has 4 aliphatic heterocycles. The molecule has 0 amide bonds. The van der Waals surface area contributed by atoms with Crippen molar-refractivity contribution in [2.24, 2.45) is 15.1 Å². The van der Waals surface area contributed by atoms with Crippen LogP contribution in [0.5, 0.6) is 17.2 Å². The van der Waals surface area contributed by atoms with Crippen LogP contribution in [-0.4, -0.2) is 90.4 Å². The fourth-order valence-corrected chi connectivity index (χ4v) is 8.45. The highest BCUT2D eigenvalue weighted by molar-refractivity contribution is 7.89. The van der Waals surface area contributed by atoms with Crippen LogP contribution in [0.25, 0.3) is 16.0 Å². The lowest BCUT2D eigenvalue weighted by molar-refractivity contribution is 0.0253. The van der Waals surface area contributed by atoms with Crippen molar-refractivity contribution in [3.05, 3.63) is 123 Å². The number of thiazole rings is 1. The maximum Gasteiger partial charge on any atom is 0.355 e. The number of phenols is 1. The second kappa shape index (κ2) is 18.7. The molecule has 0 radical (unpaired) electrons. The molecule has 0 saturated carbocycles. The Balaban J connectivity index is 0.000000160. The van der Waals surface area contributed by atoms with E-state index < -0.39 is 16.0 Å². The van der Waals surface area contributed by atoms with Crippen molar-refractivity contribution in [1.29, 1.82) is 0 Å². The lowest BCUT2D eigenvalue weighted by Gasteiger charge is -2.23. The molecule has 2 fully saturated rings. The maximum atomic E-state index is 11.6. The maximum absolute atomic E-state index is 11.6. The van der Waals surface area contributed by atoms with Gasteiger partial charge >= 0.3 is 5.97 Å². The van der Waals surface area contributed by atoms with Crippen molar-refractivity contribution in [3.8, 4) is 22.4 Å². The molecule has 0 aliphatic carbocycles. The summed E-state index contributed by atoms with van der Waals surface area (Å²) in [5.74, 6) is 0.873.